The van der Waals surface area contributed by atoms with Crippen LogP contribution in [-0.2, 0) is 14.8 Å². The van der Waals surface area contributed by atoms with E-state index >= 15 is 0 Å². The molecule has 1 rings (SSSR count). The van der Waals surface area contributed by atoms with Crippen LogP contribution in [0.25, 0.3) is 0 Å². The predicted molar refractivity (Wildman–Crippen MR) is 65.2 cm³/mol. The van der Waals surface area contributed by atoms with Crippen LogP contribution in [0.2, 0.25) is 0 Å². The Balaban J connectivity index is 2.26. The number of nitrogens with one attached hydrogen (secondary N) is 1. The lowest BCUT2D eigenvalue weighted by Gasteiger charge is -2.15. The molecular weight excluding hydrogens is 242 g/mol. The molecule has 0 aromatic heterocycles. The third-order valence-corrected chi connectivity index (χ3v) is 4.84. The summed E-state index contributed by atoms with van der Waals surface area (Å²) in [5.74, 6) is -0.0361. The van der Waals surface area contributed by atoms with Crippen molar-refractivity contribution in [3.05, 3.63) is 0 Å². The van der Waals surface area contributed by atoms with Gasteiger partial charge in [-0.2, -0.15) is 0 Å². The highest BCUT2D eigenvalue weighted by atomic mass is 32.2. The average Bonchev–Trinajstić information content (AvgIpc) is 2.60. The second-order valence-corrected chi connectivity index (χ2v) is 6.76. The maximum Gasteiger partial charge on any atom is 0.303 e. The SMILES string of the molecule is CC1CCCC1CNS(=O)(=O)CCCC(=O)O. The number of sulfonamides is 1. The maximum atomic E-state index is 11.6. The zero-order chi connectivity index (χ0) is 12.9. The second kappa shape index (κ2) is 6.35. The van der Waals surface area contributed by atoms with Crippen LogP contribution in [0.5, 0.6) is 0 Å². The van der Waals surface area contributed by atoms with Crippen LogP contribution in [0.1, 0.15) is 39.0 Å². The van der Waals surface area contributed by atoms with Crippen LogP contribution in [0, 0.1) is 11.8 Å². The highest BCUT2D eigenvalue weighted by molar-refractivity contribution is 7.89. The third kappa shape index (κ3) is 5.50. The lowest BCUT2D eigenvalue weighted by molar-refractivity contribution is -0.137. The van der Waals surface area contributed by atoms with Gasteiger partial charge in [-0.1, -0.05) is 19.8 Å². The summed E-state index contributed by atoms with van der Waals surface area (Å²) in [6.07, 6.45) is 3.50. The van der Waals surface area contributed by atoms with Gasteiger partial charge in [0, 0.05) is 13.0 Å². The van der Waals surface area contributed by atoms with Gasteiger partial charge < -0.3 is 5.11 Å². The number of carboxylic acids is 1. The summed E-state index contributed by atoms with van der Waals surface area (Å²) in [4.78, 5) is 10.3. The third-order valence-electron chi connectivity index (χ3n) is 3.41. The summed E-state index contributed by atoms with van der Waals surface area (Å²) < 4.78 is 25.7. The van der Waals surface area contributed by atoms with Crippen LogP contribution < -0.4 is 4.72 Å². The van der Waals surface area contributed by atoms with Crippen molar-refractivity contribution in [2.45, 2.75) is 39.0 Å². The summed E-state index contributed by atoms with van der Waals surface area (Å²) in [7, 11) is -3.30. The molecular formula is C11H21NO4S. The Morgan fingerprint density at radius 3 is 2.65 bits per heavy atom. The molecule has 5 nitrogen and oxygen atoms in total. The molecule has 1 saturated carbocycles. The topological polar surface area (TPSA) is 83.5 Å². The predicted octanol–water partition coefficient (Wildman–Crippen LogP) is 1.21. The summed E-state index contributed by atoms with van der Waals surface area (Å²) in [6.45, 7) is 2.65. The lowest BCUT2D eigenvalue weighted by Crippen LogP contribution is -2.32. The van der Waals surface area contributed by atoms with Crippen LogP contribution in [0.3, 0.4) is 0 Å². The molecule has 17 heavy (non-hydrogen) atoms. The van der Waals surface area contributed by atoms with Crippen molar-refractivity contribution in [2.75, 3.05) is 12.3 Å². The molecule has 0 amide bonds. The van der Waals surface area contributed by atoms with Gasteiger partial charge in [0.15, 0.2) is 0 Å². The van der Waals surface area contributed by atoms with Gasteiger partial charge in [0.1, 0.15) is 0 Å². The molecule has 6 heteroatoms. The molecule has 100 valence electrons. The zero-order valence-electron chi connectivity index (χ0n) is 10.2. The normalized spacial score (nSPS) is 25.0. The van der Waals surface area contributed by atoms with E-state index in [0.29, 0.717) is 18.4 Å². The zero-order valence-corrected chi connectivity index (χ0v) is 11.0. The van der Waals surface area contributed by atoms with Crippen molar-refractivity contribution >= 4 is 16.0 Å². The number of hydrogen-bond acceptors (Lipinski definition) is 3. The highest BCUT2D eigenvalue weighted by Gasteiger charge is 2.24. The highest BCUT2D eigenvalue weighted by Crippen LogP contribution is 2.30. The van der Waals surface area contributed by atoms with E-state index in [1.807, 2.05) is 0 Å². The lowest BCUT2D eigenvalue weighted by atomic mass is 9.99. The quantitative estimate of drug-likeness (QED) is 0.723. The number of aliphatic carboxylic acids is 1. The fourth-order valence-corrected chi connectivity index (χ4v) is 3.38. The molecule has 2 N–H and O–H groups in total. The maximum absolute atomic E-state index is 11.6. The van der Waals surface area contributed by atoms with E-state index < -0.39 is 16.0 Å². The Hall–Kier alpha value is -0.620. The fraction of sp³-hybridized carbons (Fsp3) is 0.909. The minimum Gasteiger partial charge on any atom is -0.481 e. The van der Waals surface area contributed by atoms with E-state index in [1.54, 1.807) is 0 Å². The van der Waals surface area contributed by atoms with Gasteiger partial charge in [-0.15, -0.1) is 0 Å². The molecule has 0 saturated heterocycles. The minimum absolute atomic E-state index is 0.0965. The number of hydrogen-bond donors (Lipinski definition) is 2. The molecule has 1 fully saturated rings. The van der Waals surface area contributed by atoms with Gasteiger partial charge in [0.2, 0.25) is 10.0 Å². The molecule has 0 bridgehead atoms. The minimum atomic E-state index is -3.30. The van der Waals surface area contributed by atoms with Gasteiger partial charge >= 0.3 is 5.97 Å². The van der Waals surface area contributed by atoms with Crippen molar-refractivity contribution in [3.8, 4) is 0 Å². The van der Waals surface area contributed by atoms with E-state index in [-0.39, 0.29) is 18.6 Å². The molecule has 1 aliphatic carbocycles. The second-order valence-electron chi connectivity index (χ2n) is 4.83. The van der Waals surface area contributed by atoms with Gasteiger partial charge in [0.25, 0.3) is 0 Å². The number of rotatable bonds is 7. The Labute approximate surface area is 103 Å². The summed E-state index contributed by atoms with van der Waals surface area (Å²) >= 11 is 0. The fourth-order valence-electron chi connectivity index (χ4n) is 2.25. The van der Waals surface area contributed by atoms with Crippen molar-refractivity contribution in [1.82, 2.24) is 4.72 Å². The standard InChI is InChI=1S/C11H21NO4S/c1-9-4-2-5-10(9)8-12-17(15,16)7-3-6-11(13)14/h9-10,12H,2-8H2,1H3,(H,13,14). The molecule has 1 aliphatic rings. The van der Waals surface area contributed by atoms with E-state index in [0.717, 1.165) is 6.42 Å². The van der Waals surface area contributed by atoms with Gasteiger partial charge in [-0.3, -0.25) is 4.79 Å². The monoisotopic (exact) mass is 263 g/mol. The molecule has 0 radical (unpaired) electrons. The first-order valence-corrected chi connectivity index (χ1v) is 7.75. The van der Waals surface area contributed by atoms with Crippen LogP contribution in [0.15, 0.2) is 0 Å². The summed E-state index contributed by atoms with van der Waals surface area (Å²) in [5, 5.41) is 8.43. The van der Waals surface area contributed by atoms with Gasteiger partial charge in [0.05, 0.1) is 5.75 Å². The van der Waals surface area contributed by atoms with E-state index in [1.165, 1.54) is 12.8 Å². The van der Waals surface area contributed by atoms with Crippen molar-refractivity contribution in [1.29, 1.82) is 0 Å². The van der Waals surface area contributed by atoms with Gasteiger partial charge in [-0.25, -0.2) is 13.1 Å². The largest absolute Gasteiger partial charge is 0.481 e. The Kier molecular flexibility index (Phi) is 5.39. The molecule has 0 spiro atoms. The van der Waals surface area contributed by atoms with E-state index in [2.05, 4.69) is 11.6 Å². The Morgan fingerprint density at radius 2 is 2.12 bits per heavy atom. The average molecular weight is 263 g/mol. The Bertz CT molecular complexity index is 352. The molecule has 0 heterocycles. The van der Waals surface area contributed by atoms with Crippen molar-refractivity contribution in [2.24, 2.45) is 11.8 Å². The first-order valence-electron chi connectivity index (χ1n) is 6.10. The van der Waals surface area contributed by atoms with E-state index in [4.69, 9.17) is 5.11 Å². The van der Waals surface area contributed by atoms with Crippen LogP contribution in [-0.4, -0.2) is 31.8 Å². The van der Waals surface area contributed by atoms with Gasteiger partial charge in [-0.05, 0) is 24.7 Å². The van der Waals surface area contributed by atoms with Crippen LogP contribution >= 0.6 is 0 Å². The smallest absolute Gasteiger partial charge is 0.303 e. The summed E-state index contributed by atoms with van der Waals surface area (Å²) in [5.41, 5.74) is 0. The molecule has 2 unspecified atom stereocenters. The molecule has 0 aromatic carbocycles. The summed E-state index contributed by atoms with van der Waals surface area (Å²) in [6, 6.07) is 0. The first kappa shape index (κ1) is 14.4. The molecule has 2 atom stereocenters. The molecule has 0 aromatic rings. The van der Waals surface area contributed by atoms with Crippen LogP contribution in [0.4, 0.5) is 0 Å². The molecule has 0 aliphatic heterocycles. The van der Waals surface area contributed by atoms with Crippen molar-refractivity contribution in [3.63, 3.8) is 0 Å². The number of carboxylic acid groups (broad SMARTS) is 1. The van der Waals surface area contributed by atoms with Crippen molar-refractivity contribution < 1.29 is 18.3 Å². The first-order chi connectivity index (χ1) is 7.91. The Morgan fingerprint density at radius 1 is 1.41 bits per heavy atom. The number of carbonyl (C=O) groups is 1. The van der Waals surface area contributed by atoms with E-state index in [9.17, 15) is 13.2 Å².